The summed E-state index contributed by atoms with van der Waals surface area (Å²) in [6.45, 7) is 0. The molecule has 0 saturated heterocycles. The lowest BCUT2D eigenvalue weighted by Gasteiger charge is -2.30. The third-order valence-electron chi connectivity index (χ3n) is 3.59. The summed E-state index contributed by atoms with van der Waals surface area (Å²) in [6.07, 6.45) is 6.71. The number of alkyl halides is 1. The molecule has 16 heavy (non-hydrogen) atoms. The quantitative estimate of drug-likeness (QED) is 0.792. The normalized spacial score (nSPS) is 31.6. The number of nitrogens with one attached hydrogen (secondary N) is 1. The van der Waals surface area contributed by atoms with Gasteiger partial charge in [0.25, 0.3) is 0 Å². The monoisotopic (exact) mass is 309 g/mol. The van der Waals surface area contributed by atoms with Crippen molar-refractivity contribution >= 4 is 26.0 Å². The molecule has 0 radical (unpaired) electrons. The molecule has 0 aromatic carbocycles. The van der Waals surface area contributed by atoms with Crippen molar-refractivity contribution in [2.24, 2.45) is 11.8 Å². The Bertz CT molecular complexity index is 327. The fourth-order valence-electron chi connectivity index (χ4n) is 2.42. The van der Waals surface area contributed by atoms with Crippen LogP contribution in [0, 0.1) is 11.8 Å². The minimum Gasteiger partial charge on any atom is -0.212 e. The van der Waals surface area contributed by atoms with E-state index in [1.165, 1.54) is 6.42 Å². The molecule has 2 rings (SSSR count). The van der Waals surface area contributed by atoms with Crippen LogP contribution in [-0.4, -0.2) is 25.5 Å². The number of rotatable bonds is 5. The Kier molecular flexibility index (Phi) is 4.30. The second-order valence-corrected chi connectivity index (χ2v) is 7.59. The summed E-state index contributed by atoms with van der Waals surface area (Å²) in [5.41, 5.74) is 0. The van der Waals surface area contributed by atoms with Crippen molar-refractivity contribution in [1.29, 1.82) is 0 Å². The van der Waals surface area contributed by atoms with E-state index in [1.807, 2.05) is 0 Å². The molecule has 2 aliphatic rings. The summed E-state index contributed by atoms with van der Waals surface area (Å²) in [7, 11) is -3.03. The summed E-state index contributed by atoms with van der Waals surface area (Å²) in [5.74, 6) is 1.25. The first kappa shape index (κ1) is 12.8. The largest absolute Gasteiger partial charge is 0.212 e. The molecule has 0 bridgehead atoms. The van der Waals surface area contributed by atoms with Gasteiger partial charge in [0.2, 0.25) is 10.0 Å². The molecule has 0 aromatic heterocycles. The molecule has 0 spiro atoms. The van der Waals surface area contributed by atoms with Gasteiger partial charge >= 0.3 is 0 Å². The molecule has 0 heterocycles. The topological polar surface area (TPSA) is 46.2 Å². The first-order valence-corrected chi connectivity index (χ1v) is 8.94. The van der Waals surface area contributed by atoms with Crippen molar-refractivity contribution in [3.05, 3.63) is 0 Å². The van der Waals surface area contributed by atoms with Crippen LogP contribution in [-0.2, 0) is 10.0 Å². The van der Waals surface area contributed by atoms with E-state index in [1.54, 1.807) is 0 Å². The Hall–Kier alpha value is 0.390. The van der Waals surface area contributed by atoms with Crippen molar-refractivity contribution in [2.75, 3.05) is 11.1 Å². The first-order valence-electron chi connectivity index (χ1n) is 6.16. The summed E-state index contributed by atoms with van der Waals surface area (Å²) >= 11 is 3.49. The fraction of sp³-hybridized carbons (Fsp3) is 1.00. The number of hydrogen-bond donors (Lipinski definition) is 1. The highest BCUT2D eigenvalue weighted by Gasteiger charge is 2.32. The van der Waals surface area contributed by atoms with E-state index in [0.717, 1.165) is 37.4 Å². The van der Waals surface area contributed by atoms with Crippen molar-refractivity contribution in [3.63, 3.8) is 0 Å². The van der Waals surface area contributed by atoms with Gasteiger partial charge in [-0.25, -0.2) is 13.1 Å². The minimum atomic E-state index is -3.03. The maximum Gasteiger partial charge on any atom is 0.212 e. The molecule has 3 nitrogen and oxygen atoms in total. The van der Waals surface area contributed by atoms with E-state index in [-0.39, 0.29) is 6.04 Å². The molecule has 0 amide bonds. The molecule has 0 aliphatic heterocycles. The molecule has 0 aromatic rings. The van der Waals surface area contributed by atoms with E-state index in [4.69, 9.17) is 0 Å². The Morgan fingerprint density at radius 1 is 1.12 bits per heavy atom. The third kappa shape index (κ3) is 3.70. The van der Waals surface area contributed by atoms with Gasteiger partial charge in [-0.3, -0.25) is 0 Å². The highest BCUT2D eigenvalue weighted by Crippen LogP contribution is 2.31. The van der Waals surface area contributed by atoms with Crippen LogP contribution in [0.25, 0.3) is 0 Å². The summed E-state index contributed by atoms with van der Waals surface area (Å²) in [5, 5.41) is 0.906. The van der Waals surface area contributed by atoms with E-state index < -0.39 is 10.0 Å². The summed E-state index contributed by atoms with van der Waals surface area (Å²) in [4.78, 5) is 0. The van der Waals surface area contributed by atoms with Crippen molar-refractivity contribution in [2.45, 2.75) is 44.6 Å². The average molecular weight is 310 g/mol. The van der Waals surface area contributed by atoms with E-state index in [9.17, 15) is 8.42 Å². The Morgan fingerprint density at radius 3 is 2.44 bits per heavy atom. The Morgan fingerprint density at radius 2 is 1.81 bits per heavy atom. The van der Waals surface area contributed by atoms with Gasteiger partial charge in [0.1, 0.15) is 0 Å². The lowest BCUT2D eigenvalue weighted by molar-refractivity contribution is 0.316. The molecular weight excluding hydrogens is 290 g/mol. The predicted molar refractivity (Wildman–Crippen MR) is 69.2 cm³/mol. The van der Waals surface area contributed by atoms with Crippen molar-refractivity contribution in [3.8, 4) is 0 Å². The summed E-state index contributed by atoms with van der Waals surface area (Å²) < 4.78 is 26.7. The lowest BCUT2D eigenvalue weighted by Crippen LogP contribution is -2.43. The maximum atomic E-state index is 11.9. The van der Waals surface area contributed by atoms with Crippen LogP contribution in [0.5, 0.6) is 0 Å². The average Bonchev–Trinajstić information content (AvgIpc) is 3.01. The standard InChI is InChI=1S/C11H20BrNO2S/c12-7-10-3-1-2-4-11(10)13-16(14,15)8-9-5-6-9/h9-11,13H,1-8H2. The van der Waals surface area contributed by atoms with Gasteiger partial charge in [0.15, 0.2) is 0 Å². The van der Waals surface area contributed by atoms with Gasteiger partial charge in [0.05, 0.1) is 5.75 Å². The first-order chi connectivity index (χ1) is 7.61. The molecule has 94 valence electrons. The van der Waals surface area contributed by atoms with Crippen molar-refractivity contribution in [1.82, 2.24) is 4.72 Å². The van der Waals surface area contributed by atoms with E-state index >= 15 is 0 Å². The van der Waals surface area contributed by atoms with Crippen LogP contribution in [0.15, 0.2) is 0 Å². The molecule has 2 unspecified atom stereocenters. The van der Waals surface area contributed by atoms with Crippen LogP contribution in [0.4, 0.5) is 0 Å². The fourth-order valence-corrected chi connectivity index (χ4v) is 5.02. The van der Waals surface area contributed by atoms with Crippen LogP contribution in [0.3, 0.4) is 0 Å². The molecule has 2 atom stereocenters. The maximum absolute atomic E-state index is 11.9. The van der Waals surface area contributed by atoms with Crippen LogP contribution in [0.1, 0.15) is 38.5 Å². The molecule has 2 aliphatic carbocycles. The molecule has 2 fully saturated rings. The van der Waals surface area contributed by atoms with E-state index in [2.05, 4.69) is 20.7 Å². The Labute approximate surface area is 107 Å². The van der Waals surface area contributed by atoms with Gasteiger partial charge in [-0.05, 0) is 37.5 Å². The minimum absolute atomic E-state index is 0.164. The molecule has 1 N–H and O–H groups in total. The second kappa shape index (κ2) is 5.36. The SMILES string of the molecule is O=S(=O)(CC1CC1)NC1CCCCC1CBr. The van der Waals surface area contributed by atoms with Gasteiger partial charge in [0, 0.05) is 11.4 Å². The van der Waals surface area contributed by atoms with E-state index in [0.29, 0.717) is 17.6 Å². The predicted octanol–water partition coefficient (Wildman–Crippen LogP) is 2.27. The number of sulfonamides is 1. The smallest absolute Gasteiger partial charge is 0.212 e. The second-order valence-electron chi connectivity index (χ2n) is 5.15. The van der Waals surface area contributed by atoms with Crippen LogP contribution >= 0.6 is 15.9 Å². The zero-order chi connectivity index (χ0) is 11.6. The summed E-state index contributed by atoms with van der Waals surface area (Å²) in [6, 6.07) is 0.164. The molecule has 5 heteroatoms. The van der Waals surface area contributed by atoms with Gasteiger partial charge in [-0.15, -0.1) is 0 Å². The molecular formula is C11H20BrNO2S. The third-order valence-corrected chi connectivity index (χ3v) is 5.99. The highest BCUT2D eigenvalue weighted by atomic mass is 79.9. The van der Waals surface area contributed by atoms with Gasteiger partial charge in [-0.1, -0.05) is 28.8 Å². The molecule has 2 saturated carbocycles. The lowest BCUT2D eigenvalue weighted by atomic mass is 9.87. The number of halogens is 1. The van der Waals surface area contributed by atoms with Gasteiger partial charge < -0.3 is 0 Å². The Balaban J connectivity index is 1.90. The zero-order valence-corrected chi connectivity index (χ0v) is 11.9. The highest BCUT2D eigenvalue weighted by molar-refractivity contribution is 9.09. The van der Waals surface area contributed by atoms with Crippen LogP contribution < -0.4 is 4.72 Å². The van der Waals surface area contributed by atoms with Crippen LogP contribution in [0.2, 0.25) is 0 Å². The van der Waals surface area contributed by atoms with Gasteiger partial charge in [-0.2, -0.15) is 0 Å². The number of hydrogen-bond acceptors (Lipinski definition) is 2. The van der Waals surface area contributed by atoms with Crippen molar-refractivity contribution < 1.29 is 8.42 Å². The zero-order valence-electron chi connectivity index (χ0n) is 9.49.